The van der Waals surface area contributed by atoms with Crippen LogP contribution < -0.4 is 5.32 Å². The average molecular weight is 232 g/mol. The molecule has 88 valence electrons. The number of carbonyl (C=O) groups is 1. The quantitative estimate of drug-likeness (QED) is 0.430. The van der Waals surface area contributed by atoms with Crippen molar-refractivity contribution in [2.24, 2.45) is 16.5 Å². The van der Waals surface area contributed by atoms with Crippen molar-refractivity contribution in [3.63, 3.8) is 0 Å². The summed E-state index contributed by atoms with van der Waals surface area (Å²) in [5, 5.41) is 14.5. The molecule has 0 spiro atoms. The normalized spacial score (nSPS) is 16.3. The van der Waals surface area contributed by atoms with E-state index < -0.39 is 5.41 Å². The molecule has 0 aliphatic carbocycles. The van der Waals surface area contributed by atoms with Gasteiger partial charge in [-0.15, -0.1) is 5.16 Å². The van der Waals surface area contributed by atoms with E-state index >= 15 is 0 Å². The molecule has 0 saturated heterocycles. The van der Waals surface area contributed by atoms with E-state index in [4.69, 9.17) is 5.21 Å². The van der Waals surface area contributed by atoms with Gasteiger partial charge in [-0.3, -0.25) is 4.79 Å². The second-order valence-electron chi connectivity index (χ2n) is 4.10. The zero-order chi connectivity index (χ0) is 12.1. The molecule has 1 amide bonds. The van der Waals surface area contributed by atoms with Crippen LogP contribution in [0.3, 0.4) is 0 Å². The molecule has 0 fully saturated rings. The first-order valence-corrected chi connectivity index (χ1v) is 6.12. The second kappa shape index (κ2) is 6.00. The highest BCUT2D eigenvalue weighted by molar-refractivity contribution is 7.99. The van der Waals surface area contributed by atoms with Gasteiger partial charge in [0.1, 0.15) is 0 Å². The zero-order valence-electron chi connectivity index (χ0n) is 9.94. The maximum absolute atomic E-state index is 11.8. The third kappa shape index (κ3) is 3.74. The molecule has 0 aliphatic heterocycles. The van der Waals surface area contributed by atoms with Gasteiger partial charge in [0.15, 0.2) is 0 Å². The molecule has 0 aromatic heterocycles. The predicted molar refractivity (Wildman–Crippen MR) is 64.6 cm³/mol. The van der Waals surface area contributed by atoms with Gasteiger partial charge in [-0.2, -0.15) is 11.8 Å². The first-order chi connectivity index (χ1) is 6.90. The van der Waals surface area contributed by atoms with Crippen molar-refractivity contribution in [3.05, 3.63) is 0 Å². The molecular formula is C10H20N2O2S. The number of nitrogens with zero attached hydrogens (tertiary/aromatic N) is 1. The smallest absolute Gasteiger partial charge is 0.224 e. The standard InChI is InChI=1S/C10H20N2O2S/c1-7(15-5)8(9(13)11-4)10(2,3)6-12-14/h6-8,14H,1-5H3,(H,11,13). The third-order valence-corrected chi connectivity index (χ3v) is 3.58. The van der Waals surface area contributed by atoms with Gasteiger partial charge in [0.05, 0.1) is 12.1 Å². The van der Waals surface area contributed by atoms with E-state index in [1.54, 1.807) is 18.8 Å². The number of rotatable bonds is 5. The van der Waals surface area contributed by atoms with Crippen LogP contribution >= 0.6 is 11.8 Å². The van der Waals surface area contributed by atoms with E-state index in [0.29, 0.717) is 0 Å². The predicted octanol–water partition coefficient (Wildman–Crippen LogP) is 1.59. The number of amides is 1. The first kappa shape index (κ1) is 14.3. The maximum Gasteiger partial charge on any atom is 0.224 e. The maximum atomic E-state index is 11.8. The third-order valence-electron chi connectivity index (χ3n) is 2.56. The van der Waals surface area contributed by atoms with E-state index in [9.17, 15) is 4.79 Å². The van der Waals surface area contributed by atoms with Crippen LogP contribution in [-0.2, 0) is 4.79 Å². The number of carbonyl (C=O) groups excluding carboxylic acids is 1. The molecule has 2 N–H and O–H groups in total. The average Bonchev–Trinajstić information content (AvgIpc) is 2.16. The summed E-state index contributed by atoms with van der Waals surface area (Å²) in [5.74, 6) is -0.241. The lowest BCUT2D eigenvalue weighted by Crippen LogP contribution is -2.43. The Hall–Kier alpha value is -0.710. The van der Waals surface area contributed by atoms with Gasteiger partial charge in [-0.25, -0.2) is 0 Å². The fourth-order valence-corrected chi connectivity index (χ4v) is 2.42. The minimum Gasteiger partial charge on any atom is -0.411 e. The zero-order valence-corrected chi connectivity index (χ0v) is 10.8. The lowest BCUT2D eigenvalue weighted by Gasteiger charge is -2.32. The Bertz CT molecular complexity index is 242. The van der Waals surface area contributed by atoms with Crippen LogP contribution in [0.4, 0.5) is 0 Å². The van der Waals surface area contributed by atoms with Crippen molar-refractivity contribution >= 4 is 23.9 Å². The molecule has 0 aromatic carbocycles. The molecule has 15 heavy (non-hydrogen) atoms. The van der Waals surface area contributed by atoms with Crippen LogP contribution in [0, 0.1) is 11.3 Å². The van der Waals surface area contributed by atoms with Crippen molar-refractivity contribution in [2.75, 3.05) is 13.3 Å². The fraction of sp³-hybridized carbons (Fsp3) is 0.800. The summed E-state index contributed by atoms with van der Waals surface area (Å²) in [4.78, 5) is 11.8. The van der Waals surface area contributed by atoms with E-state index in [0.717, 1.165) is 0 Å². The number of thioether (sulfide) groups is 1. The molecule has 0 saturated carbocycles. The van der Waals surface area contributed by atoms with Gasteiger partial charge in [0.2, 0.25) is 5.91 Å². The first-order valence-electron chi connectivity index (χ1n) is 4.83. The Kier molecular flexibility index (Phi) is 5.72. The van der Waals surface area contributed by atoms with Crippen LogP contribution in [0.15, 0.2) is 5.16 Å². The SMILES string of the molecule is CNC(=O)C(C(C)SC)C(C)(C)C=NO. The van der Waals surface area contributed by atoms with E-state index in [1.165, 1.54) is 6.21 Å². The summed E-state index contributed by atoms with van der Waals surface area (Å²) >= 11 is 1.63. The summed E-state index contributed by atoms with van der Waals surface area (Å²) in [6.07, 6.45) is 3.38. The number of oxime groups is 1. The van der Waals surface area contributed by atoms with Gasteiger partial charge in [0.25, 0.3) is 0 Å². The monoisotopic (exact) mass is 232 g/mol. The van der Waals surface area contributed by atoms with E-state index in [1.807, 2.05) is 27.0 Å². The van der Waals surface area contributed by atoms with E-state index in [2.05, 4.69) is 10.5 Å². The fourth-order valence-electron chi connectivity index (χ4n) is 1.68. The summed E-state index contributed by atoms with van der Waals surface area (Å²) in [5.41, 5.74) is -0.461. The Labute approximate surface area is 95.5 Å². The summed E-state index contributed by atoms with van der Waals surface area (Å²) in [6.45, 7) is 5.77. The molecule has 5 heteroatoms. The van der Waals surface area contributed by atoms with Crippen LogP contribution in [0.25, 0.3) is 0 Å². The van der Waals surface area contributed by atoms with Crippen molar-refractivity contribution < 1.29 is 10.0 Å². The van der Waals surface area contributed by atoms with Crippen LogP contribution in [0.2, 0.25) is 0 Å². The topological polar surface area (TPSA) is 61.7 Å². The molecule has 4 nitrogen and oxygen atoms in total. The highest BCUT2D eigenvalue weighted by Crippen LogP contribution is 2.32. The molecule has 0 aliphatic rings. The molecule has 0 bridgehead atoms. The van der Waals surface area contributed by atoms with Gasteiger partial charge < -0.3 is 10.5 Å². The van der Waals surface area contributed by atoms with Crippen LogP contribution in [0.5, 0.6) is 0 Å². The van der Waals surface area contributed by atoms with E-state index in [-0.39, 0.29) is 17.1 Å². The largest absolute Gasteiger partial charge is 0.411 e. The molecular weight excluding hydrogens is 212 g/mol. The summed E-state index contributed by atoms with van der Waals surface area (Å²) in [7, 11) is 1.62. The highest BCUT2D eigenvalue weighted by atomic mass is 32.2. The summed E-state index contributed by atoms with van der Waals surface area (Å²) < 4.78 is 0. The Balaban J connectivity index is 5.00. The van der Waals surface area contributed by atoms with Crippen molar-refractivity contribution in [2.45, 2.75) is 26.0 Å². The minimum absolute atomic E-state index is 0.0262. The Morgan fingerprint density at radius 3 is 2.47 bits per heavy atom. The lowest BCUT2D eigenvalue weighted by atomic mass is 9.77. The molecule has 0 heterocycles. The highest BCUT2D eigenvalue weighted by Gasteiger charge is 2.37. The van der Waals surface area contributed by atoms with Crippen LogP contribution in [0.1, 0.15) is 20.8 Å². The molecule has 0 radical (unpaired) electrons. The molecule has 2 unspecified atom stereocenters. The lowest BCUT2D eigenvalue weighted by molar-refractivity contribution is -0.126. The van der Waals surface area contributed by atoms with Crippen LogP contribution in [-0.4, -0.2) is 35.9 Å². The number of nitrogens with one attached hydrogen (secondary N) is 1. The van der Waals surface area contributed by atoms with Gasteiger partial charge in [-0.1, -0.05) is 20.8 Å². The van der Waals surface area contributed by atoms with Crippen molar-refractivity contribution in [3.8, 4) is 0 Å². The molecule has 2 atom stereocenters. The Morgan fingerprint density at radius 2 is 2.13 bits per heavy atom. The van der Waals surface area contributed by atoms with Gasteiger partial charge in [-0.05, 0) is 6.26 Å². The second-order valence-corrected chi connectivity index (χ2v) is 5.31. The van der Waals surface area contributed by atoms with Crippen molar-refractivity contribution in [1.29, 1.82) is 0 Å². The minimum atomic E-state index is -0.461. The van der Waals surface area contributed by atoms with Gasteiger partial charge >= 0.3 is 0 Å². The number of hydrogen-bond donors (Lipinski definition) is 2. The molecule has 0 rings (SSSR count). The molecule has 0 aromatic rings. The summed E-state index contributed by atoms with van der Waals surface area (Å²) in [6, 6.07) is 0. The number of hydrogen-bond acceptors (Lipinski definition) is 4. The van der Waals surface area contributed by atoms with Gasteiger partial charge in [0, 0.05) is 17.7 Å². The Morgan fingerprint density at radius 1 is 1.60 bits per heavy atom. The van der Waals surface area contributed by atoms with Crippen molar-refractivity contribution in [1.82, 2.24) is 5.32 Å².